The molecule has 13 heteroatoms. The number of ether oxygens (including phenoxy) is 4. The van der Waals surface area contributed by atoms with Crippen molar-refractivity contribution in [1.29, 1.82) is 0 Å². The van der Waals surface area contributed by atoms with E-state index in [2.05, 4.69) is 20.7 Å². The Kier molecular flexibility index (Phi) is 8.67. The molecular formula is C29H26Cl3N5O5. The van der Waals surface area contributed by atoms with E-state index >= 15 is 0 Å². The topological polar surface area (TPSA) is 109 Å². The Balaban J connectivity index is 1.50. The standard InChI is InChI=1S/C29H26Cl3N5O5/c1-15-26(28(38)36-21-12-23(39-2)20(32)11-24(21)40-3)27(37-29(35-15)33-14-34-37)16-8-9-22(25(10-16)41-4)42-13-17-18(30)6-5-7-19(17)31/h5-12,14,27H,13H2,1-4H3,(H,36,38)(H,33,34,35)/t27-/m1/s1. The Hall–Kier alpha value is -4.12. The smallest absolute Gasteiger partial charge is 0.255 e. The first kappa shape index (κ1) is 29.4. The first-order chi connectivity index (χ1) is 20.2. The molecule has 1 aliphatic rings. The van der Waals surface area contributed by atoms with E-state index in [1.807, 2.05) is 6.07 Å². The lowest BCUT2D eigenvalue weighted by molar-refractivity contribution is -0.113. The van der Waals surface area contributed by atoms with Gasteiger partial charge in [-0.1, -0.05) is 46.9 Å². The number of benzene rings is 3. The van der Waals surface area contributed by atoms with Crippen molar-refractivity contribution in [2.45, 2.75) is 19.6 Å². The molecule has 2 heterocycles. The third kappa shape index (κ3) is 5.65. The fourth-order valence-corrected chi connectivity index (χ4v) is 5.37. The fourth-order valence-electron chi connectivity index (χ4n) is 4.63. The summed E-state index contributed by atoms with van der Waals surface area (Å²) < 4.78 is 24.1. The van der Waals surface area contributed by atoms with Crippen LogP contribution >= 0.6 is 34.8 Å². The number of hydrogen-bond donors (Lipinski definition) is 2. The van der Waals surface area contributed by atoms with Crippen LogP contribution < -0.4 is 29.6 Å². The van der Waals surface area contributed by atoms with Crippen molar-refractivity contribution >= 4 is 52.3 Å². The zero-order valence-corrected chi connectivity index (χ0v) is 25.3. The zero-order chi connectivity index (χ0) is 30.0. The van der Waals surface area contributed by atoms with Crippen LogP contribution in [0.1, 0.15) is 24.1 Å². The quantitative estimate of drug-likeness (QED) is 0.209. The maximum Gasteiger partial charge on any atom is 0.255 e. The van der Waals surface area contributed by atoms with Gasteiger partial charge in [0, 0.05) is 33.4 Å². The summed E-state index contributed by atoms with van der Waals surface area (Å²) in [5, 5.41) is 11.8. The first-order valence-electron chi connectivity index (χ1n) is 12.6. The van der Waals surface area contributed by atoms with Crippen molar-refractivity contribution in [3.8, 4) is 23.0 Å². The van der Waals surface area contributed by atoms with Crippen LogP contribution in [0.25, 0.3) is 0 Å². The molecule has 218 valence electrons. The van der Waals surface area contributed by atoms with Gasteiger partial charge in [-0.25, -0.2) is 4.68 Å². The van der Waals surface area contributed by atoms with E-state index in [9.17, 15) is 4.79 Å². The second-order valence-corrected chi connectivity index (χ2v) is 10.4. The second kappa shape index (κ2) is 12.4. The van der Waals surface area contributed by atoms with Crippen molar-refractivity contribution in [2.24, 2.45) is 0 Å². The average molecular weight is 631 g/mol. The van der Waals surface area contributed by atoms with Crippen LogP contribution in [0.15, 0.2) is 66.1 Å². The van der Waals surface area contributed by atoms with Crippen LogP contribution in [0, 0.1) is 0 Å². The van der Waals surface area contributed by atoms with Crippen LogP contribution in [0.3, 0.4) is 0 Å². The minimum absolute atomic E-state index is 0.133. The highest BCUT2D eigenvalue weighted by Crippen LogP contribution is 2.41. The molecule has 0 saturated heterocycles. The van der Waals surface area contributed by atoms with Gasteiger partial charge in [0.2, 0.25) is 5.95 Å². The molecule has 3 aromatic carbocycles. The predicted octanol–water partition coefficient (Wildman–Crippen LogP) is 6.77. The van der Waals surface area contributed by atoms with Gasteiger partial charge in [-0.05, 0) is 36.8 Å². The number of amides is 1. The monoisotopic (exact) mass is 629 g/mol. The second-order valence-electron chi connectivity index (χ2n) is 9.13. The number of allylic oxidation sites excluding steroid dienone is 1. The van der Waals surface area contributed by atoms with Crippen LogP contribution in [0.4, 0.5) is 11.6 Å². The minimum atomic E-state index is -0.662. The Morgan fingerprint density at radius 2 is 1.64 bits per heavy atom. The molecule has 10 nitrogen and oxygen atoms in total. The summed E-state index contributed by atoms with van der Waals surface area (Å²) in [6.07, 6.45) is 1.42. The lowest BCUT2D eigenvalue weighted by atomic mass is 9.94. The van der Waals surface area contributed by atoms with Crippen molar-refractivity contribution in [3.63, 3.8) is 0 Å². The predicted molar refractivity (Wildman–Crippen MR) is 161 cm³/mol. The number of fused-ring (bicyclic) bond motifs is 1. The summed E-state index contributed by atoms with van der Waals surface area (Å²) in [6, 6.07) is 13.2. The Morgan fingerprint density at radius 3 is 2.33 bits per heavy atom. The van der Waals surface area contributed by atoms with E-state index in [0.717, 1.165) is 0 Å². The Labute approximate surface area is 257 Å². The van der Waals surface area contributed by atoms with E-state index in [1.165, 1.54) is 27.7 Å². The van der Waals surface area contributed by atoms with Gasteiger partial charge in [-0.3, -0.25) is 4.79 Å². The number of carbonyl (C=O) groups is 1. The number of nitrogens with zero attached hydrogens (tertiary/aromatic N) is 3. The van der Waals surface area contributed by atoms with Gasteiger partial charge >= 0.3 is 0 Å². The lowest BCUT2D eigenvalue weighted by Crippen LogP contribution is -2.31. The lowest BCUT2D eigenvalue weighted by Gasteiger charge is -2.29. The summed E-state index contributed by atoms with van der Waals surface area (Å²) in [5.74, 6) is 1.74. The van der Waals surface area contributed by atoms with Gasteiger partial charge in [-0.2, -0.15) is 10.1 Å². The highest BCUT2D eigenvalue weighted by atomic mass is 35.5. The van der Waals surface area contributed by atoms with E-state index in [1.54, 1.807) is 54.1 Å². The molecule has 2 N–H and O–H groups in total. The fraction of sp³-hybridized carbons (Fsp3) is 0.207. The van der Waals surface area contributed by atoms with E-state index in [-0.39, 0.29) is 6.61 Å². The number of nitrogens with one attached hydrogen (secondary N) is 2. The number of hydrogen-bond acceptors (Lipinski definition) is 8. The molecule has 1 amide bonds. The molecule has 1 aromatic heterocycles. The number of rotatable bonds is 9. The molecule has 1 aliphatic heterocycles. The molecular weight excluding hydrogens is 605 g/mol. The van der Waals surface area contributed by atoms with Gasteiger partial charge in [0.05, 0.1) is 37.6 Å². The molecule has 0 spiro atoms. The number of halogens is 3. The minimum Gasteiger partial charge on any atom is -0.495 e. The van der Waals surface area contributed by atoms with Crippen LogP contribution in [-0.4, -0.2) is 42.0 Å². The molecule has 0 fully saturated rings. The highest BCUT2D eigenvalue weighted by Gasteiger charge is 2.34. The maximum atomic E-state index is 13.9. The van der Waals surface area contributed by atoms with Gasteiger partial charge in [-0.15, -0.1) is 0 Å². The number of carbonyl (C=O) groups excluding carboxylic acids is 1. The van der Waals surface area contributed by atoms with Crippen molar-refractivity contribution in [1.82, 2.24) is 14.8 Å². The van der Waals surface area contributed by atoms with Gasteiger partial charge in [0.25, 0.3) is 5.91 Å². The third-order valence-corrected chi connectivity index (χ3v) is 7.70. The number of anilines is 2. The van der Waals surface area contributed by atoms with E-state index in [4.69, 9.17) is 53.8 Å². The van der Waals surface area contributed by atoms with E-state index < -0.39 is 11.9 Å². The average Bonchev–Trinajstić information content (AvgIpc) is 3.44. The molecule has 4 aromatic rings. The zero-order valence-electron chi connectivity index (χ0n) is 23.0. The molecule has 0 bridgehead atoms. The summed E-state index contributed by atoms with van der Waals surface area (Å²) in [5.41, 5.74) is 2.72. The van der Waals surface area contributed by atoms with Crippen molar-refractivity contribution in [2.75, 3.05) is 32.0 Å². The SMILES string of the molecule is COc1cc(NC(=O)C2=C(C)Nc3ncnn3[C@@H]2c2ccc(OCc3c(Cl)cccc3Cl)c(OC)c2)c(OC)cc1Cl. The summed E-state index contributed by atoms with van der Waals surface area (Å²) in [4.78, 5) is 18.2. The third-order valence-electron chi connectivity index (χ3n) is 6.70. The van der Waals surface area contributed by atoms with Gasteiger partial charge in [0.15, 0.2) is 11.5 Å². The molecule has 5 rings (SSSR count). The summed E-state index contributed by atoms with van der Waals surface area (Å²) >= 11 is 18.9. The Bertz CT molecular complexity index is 1670. The van der Waals surface area contributed by atoms with E-state index in [0.29, 0.717) is 72.1 Å². The molecule has 0 radical (unpaired) electrons. The number of methoxy groups -OCH3 is 3. The maximum absolute atomic E-state index is 13.9. The van der Waals surface area contributed by atoms with Gasteiger partial charge in [0.1, 0.15) is 30.5 Å². The first-order valence-corrected chi connectivity index (χ1v) is 13.7. The summed E-state index contributed by atoms with van der Waals surface area (Å²) in [6.45, 7) is 1.93. The van der Waals surface area contributed by atoms with Crippen LogP contribution in [0.2, 0.25) is 15.1 Å². The molecule has 42 heavy (non-hydrogen) atoms. The summed E-state index contributed by atoms with van der Waals surface area (Å²) in [7, 11) is 4.51. The van der Waals surface area contributed by atoms with Crippen molar-refractivity contribution < 1.29 is 23.7 Å². The molecule has 0 saturated carbocycles. The van der Waals surface area contributed by atoms with Crippen LogP contribution in [-0.2, 0) is 11.4 Å². The molecule has 0 aliphatic carbocycles. The molecule has 0 unspecified atom stereocenters. The largest absolute Gasteiger partial charge is 0.495 e. The number of aromatic nitrogens is 3. The normalized spacial score (nSPS) is 14.1. The highest BCUT2D eigenvalue weighted by molar-refractivity contribution is 6.36. The van der Waals surface area contributed by atoms with Crippen molar-refractivity contribution in [3.05, 3.63) is 92.3 Å². The van der Waals surface area contributed by atoms with Gasteiger partial charge < -0.3 is 29.6 Å². The molecule has 1 atom stereocenters. The van der Waals surface area contributed by atoms with Crippen LogP contribution in [0.5, 0.6) is 23.0 Å². The Morgan fingerprint density at radius 1 is 0.929 bits per heavy atom.